The van der Waals surface area contributed by atoms with Crippen molar-refractivity contribution in [3.63, 3.8) is 0 Å². The smallest absolute Gasteiger partial charge is 0.269 e. The molecular formula is C22H22FN3O. The summed E-state index contributed by atoms with van der Waals surface area (Å²) in [5, 5.41) is 6.12. The fourth-order valence-corrected chi connectivity index (χ4v) is 2.78. The number of hydrogen-bond donors (Lipinski definition) is 2. The van der Waals surface area contributed by atoms with Gasteiger partial charge in [0.2, 0.25) is 0 Å². The van der Waals surface area contributed by atoms with E-state index in [4.69, 9.17) is 0 Å². The molecule has 4 nitrogen and oxygen atoms in total. The summed E-state index contributed by atoms with van der Waals surface area (Å²) < 4.78 is 13.6. The molecule has 3 aromatic rings. The number of aromatic nitrogens is 1. The van der Waals surface area contributed by atoms with E-state index >= 15 is 0 Å². The fraction of sp³-hybridized carbons (Fsp3) is 0.182. The molecule has 0 aliphatic rings. The van der Waals surface area contributed by atoms with Gasteiger partial charge in [-0.2, -0.15) is 0 Å². The molecular weight excluding hydrogens is 341 g/mol. The van der Waals surface area contributed by atoms with Crippen LogP contribution < -0.4 is 10.6 Å². The average Bonchev–Trinajstić information content (AvgIpc) is 2.67. The highest BCUT2D eigenvalue weighted by Gasteiger charge is 2.09. The van der Waals surface area contributed by atoms with Crippen molar-refractivity contribution in [2.75, 3.05) is 11.9 Å². The van der Waals surface area contributed by atoms with Gasteiger partial charge in [0.05, 0.1) is 0 Å². The molecule has 27 heavy (non-hydrogen) atoms. The van der Waals surface area contributed by atoms with Crippen LogP contribution in [-0.2, 0) is 6.42 Å². The molecule has 1 heterocycles. The summed E-state index contributed by atoms with van der Waals surface area (Å²) >= 11 is 0. The first kappa shape index (κ1) is 18.6. The zero-order chi connectivity index (χ0) is 19.2. The number of anilines is 2. The molecule has 1 aromatic heterocycles. The lowest BCUT2D eigenvalue weighted by Crippen LogP contribution is -2.26. The SMILES string of the molecule is Cc1cccc(Nc2ccnc(C(=O)NCCc3ccccc3F)c2)c1C. The second-order valence-corrected chi connectivity index (χ2v) is 6.40. The molecule has 3 rings (SSSR count). The van der Waals surface area contributed by atoms with Crippen molar-refractivity contribution in [3.8, 4) is 0 Å². The summed E-state index contributed by atoms with van der Waals surface area (Å²) in [6, 6.07) is 16.1. The van der Waals surface area contributed by atoms with E-state index in [1.807, 2.05) is 18.2 Å². The molecule has 0 aliphatic carbocycles. The second-order valence-electron chi connectivity index (χ2n) is 6.40. The van der Waals surface area contributed by atoms with Gasteiger partial charge in [-0.15, -0.1) is 0 Å². The Balaban J connectivity index is 1.63. The number of halogens is 1. The van der Waals surface area contributed by atoms with Crippen LogP contribution in [0.2, 0.25) is 0 Å². The lowest BCUT2D eigenvalue weighted by Gasteiger charge is -2.12. The van der Waals surface area contributed by atoms with Gasteiger partial charge in [0, 0.05) is 24.1 Å². The molecule has 1 amide bonds. The quantitative estimate of drug-likeness (QED) is 0.675. The van der Waals surface area contributed by atoms with Crippen LogP contribution in [0.1, 0.15) is 27.2 Å². The maximum absolute atomic E-state index is 13.6. The Kier molecular flexibility index (Phi) is 5.81. The monoisotopic (exact) mass is 363 g/mol. The molecule has 0 unspecified atom stereocenters. The zero-order valence-electron chi connectivity index (χ0n) is 15.4. The largest absolute Gasteiger partial charge is 0.355 e. The molecule has 2 aromatic carbocycles. The number of carbonyl (C=O) groups is 1. The van der Waals surface area contributed by atoms with E-state index in [0.29, 0.717) is 24.2 Å². The summed E-state index contributed by atoms with van der Waals surface area (Å²) in [6.45, 7) is 4.45. The number of aryl methyl sites for hydroxylation is 1. The summed E-state index contributed by atoms with van der Waals surface area (Å²) in [6.07, 6.45) is 2.03. The number of pyridine rings is 1. The second kappa shape index (κ2) is 8.45. The topological polar surface area (TPSA) is 54.0 Å². The normalized spacial score (nSPS) is 10.5. The van der Waals surface area contributed by atoms with Crippen LogP contribution in [0.15, 0.2) is 60.8 Å². The molecule has 0 bridgehead atoms. The molecule has 2 N–H and O–H groups in total. The van der Waals surface area contributed by atoms with E-state index in [0.717, 1.165) is 16.9 Å². The molecule has 0 spiro atoms. The minimum Gasteiger partial charge on any atom is -0.355 e. The lowest BCUT2D eigenvalue weighted by atomic mass is 10.1. The number of carbonyl (C=O) groups excluding carboxylic acids is 1. The standard InChI is InChI=1S/C22H22FN3O/c1-15-6-5-9-20(16(15)2)26-18-11-13-24-21(14-18)22(27)25-12-10-17-7-3-4-8-19(17)23/h3-9,11,13-14H,10,12H2,1-2H3,(H,24,26)(H,25,27). The summed E-state index contributed by atoms with van der Waals surface area (Å²) in [4.78, 5) is 16.5. The van der Waals surface area contributed by atoms with E-state index in [9.17, 15) is 9.18 Å². The van der Waals surface area contributed by atoms with Crippen molar-refractivity contribution in [2.24, 2.45) is 0 Å². The van der Waals surface area contributed by atoms with Gasteiger partial charge in [-0.1, -0.05) is 30.3 Å². The number of nitrogens with zero attached hydrogens (tertiary/aromatic N) is 1. The van der Waals surface area contributed by atoms with Crippen molar-refractivity contribution < 1.29 is 9.18 Å². The first-order valence-electron chi connectivity index (χ1n) is 8.85. The maximum atomic E-state index is 13.6. The Morgan fingerprint density at radius 3 is 2.70 bits per heavy atom. The third-order valence-electron chi connectivity index (χ3n) is 4.51. The summed E-state index contributed by atoms with van der Waals surface area (Å²) in [5.41, 5.74) is 5.03. The molecule has 0 fully saturated rings. The summed E-state index contributed by atoms with van der Waals surface area (Å²) in [7, 11) is 0. The van der Waals surface area contributed by atoms with Crippen LogP contribution in [0.25, 0.3) is 0 Å². The summed E-state index contributed by atoms with van der Waals surface area (Å²) in [5.74, 6) is -0.541. The Hall–Kier alpha value is -3.21. The number of nitrogens with one attached hydrogen (secondary N) is 2. The first-order chi connectivity index (χ1) is 13.0. The van der Waals surface area contributed by atoms with Crippen molar-refractivity contribution in [3.05, 3.63) is 89.0 Å². The lowest BCUT2D eigenvalue weighted by molar-refractivity contribution is 0.0949. The van der Waals surface area contributed by atoms with Crippen LogP contribution in [0.3, 0.4) is 0 Å². The Bertz CT molecular complexity index is 956. The van der Waals surface area contributed by atoms with Gasteiger partial charge in [0.15, 0.2) is 0 Å². The number of amides is 1. The Morgan fingerprint density at radius 1 is 1.07 bits per heavy atom. The molecule has 138 valence electrons. The minimum absolute atomic E-state index is 0.260. The van der Waals surface area contributed by atoms with E-state index in [-0.39, 0.29) is 11.7 Å². The Morgan fingerprint density at radius 2 is 1.89 bits per heavy atom. The van der Waals surface area contributed by atoms with Crippen LogP contribution in [0, 0.1) is 19.7 Å². The van der Waals surface area contributed by atoms with Gasteiger partial charge in [0.25, 0.3) is 5.91 Å². The van der Waals surface area contributed by atoms with Gasteiger partial charge in [-0.25, -0.2) is 4.39 Å². The van der Waals surface area contributed by atoms with E-state index in [1.165, 1.54) is 11.6 Å². The van der Waals surface area contributed by atoms with Crippen LogP contribution in [0.5, 0.6) is 0 Å². The molecule has 0 radical (unpaired) electrons. The molecule has 0 atom stereocenters. The van der Waals surface area contributed by atoms with Gasteiger partial charge < -0.3 is 10.6 Å². The highest BCUT2D eigenvalue weighted by atomic mass is 19.1. The van der Waals surface area contributed by atoms with Crippen LogP contribution >= 0.6 is 0 Å². The minimum atomic E-state index is -0.282. The highest BCUT2D eigenvalue weighted by molar-refractivity contribution is 5.93. The fourth-order valence-electron chi connectivity index (χ4n) is 2.78. The van der Waals surface area contributed by atoms with Crippen LogP contribution in [0.4, 0.5) is 15.8 Å². The molecule has 0 saturated carbocycles. The van der Waals surface area contributed by atoms with Crippen LogP contribution in [-0.4, -0.2) is 17.4 Å². The van der Waals surface area contributed by atoms with Gasteiger partial charge >= 0.3 is 0 Å². The number of rotatable bonds is 6. The number of hydrogen-bond acceptors (Lipinski definition) is 3. The molecule has 0 aliphatic heterocycles. The first-order valence-corrected chi connectivity index (χ1v) is 8.85. The van der Waals surface area contributed by atoms with Gasteiger partial charge in [-0.3, -0.25) is 9.78 Å². The third-order valence-corrected chi connectivity index (χ3v) is 4.51. The zero-order valence-corrected chi connectivity index (χ0v) is 15.4. The highest BCUT2D eigenvalue weighted by Crippen LogP contribution is 2.22. The maximum Gasteiger partial charge on any atom is 0.269 e. The average molecular weight is 363 g/mol. The predicted octanol–water partition coefficient (Wildman–Crippen LogP) is 4.55. The van der Waals surface area contributed by atoms with E-state index < -0.39 is 0 Å². The van der Waals surface area contributed by atoms with E-state index in [2.05, 4.69) is 35.5 Å². The predicted molar refractivity (Wildman–Crippen MR) is 106 cm³/mol. The molecule has 5 heteroatoms. The van der Waals surface area contributed by atoms with Crippen molar-refractivity contribution in [2.45, 2.75) is 20.3 Å². The Labute approximate surface area is 158 Å². The van der Waals surface area contributed by atoms with Gasteiger partial charge in [-0.05, 0) is 61.2 Å². The van der Waals surface area contributed by atoms with Crippen molar-refractivity contribution in [1.29, 1.82) is 0 Å². The molecule has 0 saturated heterocycles. The third kappa shape index (κ3) is 4.70. The van der Waals surface area contributed by atoms with Gasteiger partial charge in [0.1, 0.15) is 11.5 Å². The van der Waals surface area contributed by atoms with E-state index in [1.54, 1.807) is 30.5 Å². The van der Waals surface area contributed by atoms with Crippen molar-refractivity contribution >= 4 is 17.3 Å². The van der Waals surface area contributed by atoms with Crippen molar-refractivity contribution in [1.82, 2.24) is 10.3 Å². The number of benzene rings is 2.